The van der Waals surface area contributed by atoms with Gasteiger partial charge in [-0.15, -0.1) is 0 Å². The molecule has 1 aliphatic rings. The third kappa shape index (κ3) is 6.23. The highest BCUT2D eigenvalue weighted by Gasteiger charge is 2.23. The highest BCUT2D eigenvalue weighted by atomic mass is 32.1. The zero-order chi connectivity index (χ0) is 24.0. The van der Waals surface area contributed by atoms with Gasteiger partial charge < -0.3 is 20.4 Å². The summed E-state index contributed by atoms with van der Waals surface area (Å²) < 4.78 is 4.53. The molecule has 0 spiro atoms. The van der Waals surface area contributed by atoms with Gasteiger partial charge in [0.1, 0.15) is 17.6 Å². The molecule has 9 heteroatoms. The first-order valence-electron chi connectivity index (χ1n) is 11.3. The third-order valence-corrected chi connectivity index (χ3v) is 6.65. The van der Waals surface area contributed by atoms with Crippen molar-refractivity contribution >= 4 is 34.0 Å². The number of nitrogens with zero attached hydrogens (tertiary/aromatic N) is 4. The van der Waals surface area contributed by atoms with Crippen molar-refractivity contribution in [3.05, 3.63) is 30.0 Å². The number of rotatable bonds is 8. The number of nitriles is 1. The summed E-state index contributed by atoms with van der Waals surface area (Å²) in [6.07, 6.45) is 0.652. The van der Waals surface area contributed by atoms with Gasteiger partial charge in [0, 0.05) is 44.4 Å². The molecule has 1 aromatic carbocycles. The summed E-state index contributed by atoms with van der Waals surface area (Å²) in [5.41, 5.74) is 4.07. The van der Waals surface area contributed by atoms with E-state index in [0.29, 0.717) is 12.3 Å². The summed E-state index contributed by atoms with van der Waals surface area (Å²) in [6.45, 7) is 10.8. The minimum absolute atomic E-state index is 0.00811. The second-order valence-electron chi connectivity index (χ2n) is 8.71. The van der Waals surface area contributed by atoms with Crippen LogP contribution in [0.4, 0.5) is 10.7 Å². The number of anilines is 2. The van der Waals surface area contributed by atoms with Crippen LogP contribution in [0.5, 0.6) is 0 Å². The molecule has 3 rings (SSSR count). The quantitative estimate of drug-likeness (QED) is 0.577. The van der Waals surface area contributed by atoms with Crippen LogP contribution in [0, 0.1) is 24.2 Å². The Bertz CT molecular complexity index is 1000. The number of carbonyl (C=O) groups is 2. The van der Waals surface area contributed by atoms with Crippen molar-refractivity contribution in [2.75, 3.05) is 42.9 Å². The summed E-state index contributed by atoms with van der Waals surface area (Å²) in [5, 5.41) is 15.7. The maximum atomic E-state index is 12.6. The molecule has 0 saturated carbocycles. The highest BCUT2D eigenvalue weighted by molar-refractivity contribution is 7.11. The van der Waals surface area contributed by atoms with Gasteiger partial charge in [0.05, 0.1) is 11.8 Å². The molecule has 1 aromatic heterocycles. The molecule has 0 unspecified atom stereocenters. The number of hydrogen-bond donors (Lipinski definition) is 2. The van der Waals surface area contributed by atoms with Gasteiger partial charge in [-0.1, -0.05) is 26.0 Å². The monoisotopic (exact) mass is 468 g/mol. The highest BCUT2D eigenvalue weighted by Crippen LogP contribution is 2.36. The summed E-state index contributed by atoms with van der Waals surface area (Å²) in [7, 11) is 0. The number of nitrogens with one attached hydrogen (secondary N) is 2. The van der Waals surface area contributed by atoms with E-state index >= 15 is 0 Å². The van der Waals surface area contributed by atoms with Gasteiger partial charge in [-0.05, 0) is 48.5 Å². The fourth-order valence-corrected chi connectivity index (χ4v) is 4.91. The van der Waals surface area contributed by atoms with Crippen molar-refractivity contribution < 1.29 is 9.59 Å². The Morgan fingerprint density at radius 2 is 1.85 bits per heavy atom. The molecular formula is C24H32N6O2S. The fraction of sp³-hybridized carbons (Fsp3) is 0.500. The van der Waals surface area contributed by atoms with Crippen molar-refractivity contribution in [1.82, 2.24) is 14.6 Å². The molecule has 8 nitrogen and oxygen atoms in total. The molecule has 2 heterocycles. The molecule has 1 fully saturated rings. The van der Waals surface area contributed by atoms with Gasteiger partial charge in [-0.3, -0.25) is 9.59 Å². The van der Waals surface area contributed by atoms with E-state index in [4.69, 9.17) is 5.26 Å². The Balaban J connectivity index is 1.76. The Hall–Kier alpha value is -3.12. The van der Waals surface area contributed by atoms with Crippen molar-refractivity contribution in [1.29, 1.82) is 5.26 Å². The van der Waals surface area contributed by atoms with Crippen molar-refractivity contribution in [3.8, 4) is 17.2 Å². The fourth-order valence-electron chi connectivity index (χ4n) is 4.04. The van der Waals surface area contributed by atoms with Crippen LogP contribution in [0.15, 0.2) is 24.3 Å². The molecular weight excluding hydrogens is 436 g/mol. The van der Waals surface area contributed by atoms with Crippen LogP contribution in [-0.4, -0.2) is 59.9 Å². The van der Waals surface area contributed by atoms with Crippen LogP contribution in [0.2, 0.25) is 0 Å². The molecule has 2 aromatic rings. The lowest BCUT2D eigenvalue weighted by Gasteiger charge is -2.35. The molecule has 0 aliphatic carbocycles. The summed E-state index contributed by atoms with van der Waals surface area (Å²) in [6, 6.07) is 9.90. The first-order chi connectivity index (χ1) is 15.8. The number of carbonyl (C=O) groups excluding carboxylic acids is 2. The molecule has 1 atom stereocenters. The average molecular weight is 469 g/mol. The van der Waals surface area contributed by atoms with Crippen LogP contribution < -0.4 is 15.5 Å². The van der Waals surface area contributed by atoms with E-state index in [1.807, 2.05) is 17.9 Å². The van der Waals surface area contributed by atoms with E-state index in [9.17, 15) is 9.59 Å². The SMILES string of the molecule is CC(=O)N1CCN(c2ccc(-c3c(C)nsc3N[C@@H](CC(C)C)C(=O)NCC#N)cc2)CC1. The molecule has 0 bridgehead atoms. The maximum Gasteiger partial charge on any atom is 0.243 e. The first-order valence-corrected chi connectivity index (χ1v) is 12.1. The summed E-state index contributed by atoms with van der Waals surface area (Å²) in [5.74, 6) is 0.264. The minimum atomic E-state index is -0.436. The lowest BCUT2D eigenvalue weighted by molar-refractivity contribution is -0.129. The number of aryl methyl sites for hydroxylation is 1. The molecule has 176 valence electrons. The number of amides is 2. The van der Waals surface area contributed by atoms with E-state index in [2.05, 4.69) is 58.0 Å². The van der Waals surface area contributed by atoms with Gasteiger partial charge >= 0.3 is 0 Å². The van der Waals surface area contributed by atoms with Gasteiger partial charge in [0.25, 0.3) is 0 Å². The number of benzene rings is 1. The second-order valence-corrected chi connectivity index (χ2v) is 9.49. The Labute approximate surface area is 199 Å². The zero-order valence-corrected chi connectivity index (χ0v) is 20.5. The Morgan fingerprint density at radius 1 is 1.18 bits per heavy atom. The summed E-state index contributed by atoms with van der Waals surface area (Å²) in [4.78, 5) is 28.3. The van der Waals surface area contributed by atoms with Crippen LogP contribution in [0.25, 0.3) is 11.1 Å². The Kier molecular flexibility index (Phi) is 8.28. The zero-order valence-electron chi connectivity index (χ0n) is 19.7. The van der Waals surface area contributed by atoms with Crippen molar-refractivity contribution in [2.45, 2.75) is 40.2 Å². The third-order valence-electron chi connectivity index (χ3n) is 5.78. The lowest BCUT2D eigenvalue weighted by atomic mass is 10.0. The Morgan fingerprint density at radius 3 is 2.42 bits per heavy atom. The largest absolute Gasteiger partial charge is 0.368 e. The van der Waals surface area contributed by atoms with Crippen molar-refractivity contribution in [3.63, 3.8) is 0 Å². The van der Waals surface area contributed by atoms with E-state index in [-0.39, 0.29) is 18.4 Å². The summed E-state index contributed by atoms with van der Waals surface area (Å²) >= 11 is 1.35. The predicted octanol–water partition coefficient (Wildman–Crippen LogP) is 3.25. The average Bonchev–Trinajstić information content (AvgIpc) is 3.16. The lowest BCUT2D eigenvalue weighted by Crippen LogP contribution is -2.48. The first kappa shape index (κ1) is 24.5. The van der Waals surface area contributed by atoms with E-state index in [1.54, 1.807) is 6.92 Å². The standard InChI is InChI=1S/C24H32N6O2S/c1-16(2)15-21(23(32)26-10-9-25)27-24-22(17(3)28-33-24)19-5-7-20(8-6-19)30-13-11-29(12-14-30)18(4)31/h5-8,16,21,27H,10-15H2,1-4H3,(H,26,32)/t21-/m0/s1. The van der Waals surface area contributed by atoms with Crippen LogP contribution in [-0.2, 0) is 9.59 Å². The van der Waals surface area contributed by atoms with E-state index in [0.717, 1.165) is 53.7 Å². The topological polar surface area (TPSA) is 101 Å². The molecule has 1 saturated heterocycles. The minimum Gasteiger partial charge on any atom is -0.368 e. The molecule has 33 heavy (non-hydrogen) atoms. The van der Waals surface area contributed by atoms with Gasteiger partial charge in [0.15, 0.2) is 0 Å². The maximum absolute atomic E-state index is 12.6. The number of aromatic nitrogens is 1. The van der Waals surface area contributed by atoms with Crippen LogP contribution in [0.3, 0.4) is 0 Å². The molecule has 1 aliphatic heterocycles. The van der Waals surface area contributed by atoms with Gasteiger partial charge in [-0.25, -0.2) is 0 Å². The van der Waals surface area contributed by atoms with Gasteiger partial charge in [0.2, 0.25) is 11.8 Å². The predicted molar refractivity (Wildman–Crippen MR) is 132 cm³/mol. The molecule has 2 amide bonds. The van der Waals surface area contributed by atoms with Crippen LogP contribution >= 0.6 is 11.5 Å². The van der Waals surface area contributed by atoms with E-state index < -0.39 is 6.04 Å². The van der Waals surface area contributed by atoms with E-state index in [1.165, 1.54) is 11.5 Å². The molecule has 2 N–H and O–H groups in total. The van der Waals surface area contributed by atoms with Crippen molar-refractivity contribution in [2.24, 2.45) is 5.92 Å². The van der Waals surface area contributed by atoms with Crippen LogP contribution in [0.1, 0.15) is 32.9 Å². The second kappa shape index (κ2) is 11.1. The molecule has 0 radical (unpaired) electrons. The number of hydrogen-bond acceptors (Lipinski definition) is 7. The smallest absolute Gasteiger partial charge is 0.243 e. The number of piperazine rings is 1. The van der Waals surface area contributed by atoms with Gasteiger partial charge in [-0.2, -0.15) is 9.64 Å². The normalized spacial score (nSPS) is 14.7.